The molecule has 0 spiro atoms. The molecule has 4 aromatic rings. The van der Waals surface area contributed by atoms with Gasteiger partial charge in [-0.2, -0.15) is 5.10 Å². The topological polar surface area (TPSA) is 66.3 Å². The molecular weight excluding hydrogens is 418 g/mol. The number of hydrogen-bond acceptors (Lipinski definition) is 5. The van der Waals surface area contributed by atoms with Crippen LogP contribution >= 0.6 is 11.3 Å². The zero-order valence-corrected chi connectivity index (χ0v) is 20.1. The minimum atomic E-state index is 0.259. The van der Waals surface area contributed by atoms with E-state index in [0.29, 0.717) is 18.4 Å². The highest BCUT2D eigenvalue weighted by Crippen LogP contribution is 2.62. The Hall–Kier alpha value is -2.51. The number of thiophene rings is 1. The van der Waals surface area contributed by atoms with Gasteiger partial charge in [0, 0.05) is 40.5 Å². The summed E-state index contributed by atoms with van der Waals surface area (Å²) in [5.74, 6) is 1.36. The Balaban J connectivity index is 1.47. The number of hydrogen-bond donors (Lipinski definition) is 1. The van der Waals surface area contributed by atoms with Crippen LogP contribution in [-0.4, -0.2) is 49.9 Å². The van der Waals surface area contributed by atoms with Gasteiger partial charge in [-0.05, 0) is 61.8 Å². The number of aromatic amines is 1. The van der Waals surface area contributed by atoms with Gasteiger partial charge in [0.25, 0.3) is 0 Å². The number of rotatable bonds is 5. The van der Waals surface area contributed by atoms with Crippen LogP contribution in [0.15, 0.2) is 18.6 Å². The van der Waals surface area contributed by atoms with Crippen LogP contribution in [0.2, 0.25) is 0 Å². The quantitative estimate of drug-likeness (QED) is 0.475. The molecule has 1 aliphatic carbocycles. The molecule has 0 amide bonds. The summed E-state index contributed by atoms with van der Waals surface area (Å²) < 4.78 is 1.87. The zero-order chi connectivity index (χ0) is 22.4. The van der Waals surface area contributed by atoms with E-state index in [-0.39, 0.29) is 11.2 Å². The Bertz CT molecular complexity index is 1390. The molecule has 166 valence electrons. The van der Waals surface area contributed by atoms with E-state index in [0.717, 1.165) is 29.9 Å². The van der Waals surface area contributed by atoms with Crippen LogP contribution in [0.1, 0.15) is 54.7 Å². The number of fused-ring (bicyclic) bond motifs is 3. The van der Waals surface area contributed by atoms with Crippen molar-refractivity contribution in [3.05, 3.63) is 40.2 Å². The number of carbonyl (C=O) groups is 1. The Kier molecular flexibility index (Phi) is 4.24. The number of pyridine rings is 1. The molecule has 2 aliphatic rings. The fourth-order valence-corrected chi connectivity index (χ4v) is 7.61. The first-order chi connectivity index (χ1) is 15.3. The van der Waals surface area contributed by atoms with Crippen molar-refractivity contribution >= 4 is 33.0 Å². The number of nitrogens with zero attached hydrogens (tertiary/aromatic N) is 4. The molecule has 6 rings (SSSR count). The van der Waals surface area contributed by atoms with Crippen LogP contribution in [0.3, 0.4) is 0 Å². The third kappa shape index (κ3) is 2.77. The molecule has 0 radical (unpaired) electrons. The van der Waals surface area contributed by atoms with Crippen molar-refractivity contribution in [2.45, 2.75) is 52.4 Å². The summed E-state index contributed by atoms with van der Waals surface area (Å²) in [6.45, 7) is 13.3. The van der Waals surface area contributed by atoms with Gasteiger partial charge in [0.05, 0.1) is 12.2 Å². The first kappa shape index (κ1) is 20.1. The summed E-state index contributed by atoms with van der Waals surface area (Å²) >= 11 is 1.94. The van der Waals surface area contributed by atoms with Crippen molar-refractivity contribution in [1.82, 2.24) is 24.5 Å². The minimum absolute atomic E-state index is 0.259. The highest BCUT2D eigenvalue weighted by atomic mass is 32.1. The highest BCUT2D eigenvalue weighted by Gasteiger charge is 2.62. The van der Waals surface area contributed by atoms with Gasteiger partial charge in [0.15, 0.2) is 5.65 Å². The van der Waals surface area contributed by atoms with Crippen molar-refractivity contribution < 1.29 is 4.79 Å². The van der Waals surface area contributed by atoms with Gasteiger partial charge in [-0.15, -0.1) is 11.3 Å². The van der Waals surface area contributed by atoms with E-state index in [1.54, 1.807) is 13.3 Å². The largest absolute Gasteiger partial charge is 0.346 e. The molecule has 1 N–H and O–H groups in total. The summed E-state index contributed by atoms with van der Waals surface area (Å²) in [4.78, 5) is 25.0. The first-order valence-electron chi connectivity index (χ1n) is 11.5. The second kappa shape index (κ2) is 6.75. The molecule has 2 fully saturated rings. The summed E-state index contributed by atoms with van der Waals surface area (Å²) in [5.41, 5.74) is 7.47. The average molecular weight is 448 g/mol. The van der Waals surface area contributed by atoms with Crippen molar-refractivity contribution in [1.29, 1.82) is 0 Å². The monoisotopic (exact) mass is 447 g/mol. The molecule has 0 aromatic carbocycles. The Morgan fingerprint density at radius 3 is 2.94 bits per heavy atom. The van der Waals surface area contributed by atoms with E-state index < -0.39 is 0 Å². The van der Waals surface area contributed by atoms with E-state index in [2.05, 4.69) is 59.9 Å². The van der Waals surface area contributed by atoms with E-state index in [4.69, 9.17) is 0 Å². The molecule has 7 heteroatoms. The lowest BCUT2D eigenvalue weighted by Gasteiger charge is -2.19. The van der Waals surface area contributed by atoms with Gasteiger partial charge >= 0.3 is 0 Å². The zero-order valence-electron chi connectivity index (χ0n) is 19.3. The van der Waals surface area contributed by atoms with E-state index >= 15 is 0 Å². The maximum Gasteiger partial charge on any atom is 0.158 e. The molecule has 4 aromatic heterocycles. The van der Waals surface area contributed by atoms with E-state index in [1.807, 2.05) is 15.9 Å². The number of Topliss-reactive ketones (excluding diaryl/α,β-unsaturated/α-hetero) is 1. The Labute approximate surface area is 191 Å². The van der Waals surface area contributed by atoms with Gasteiger partial charge < -0.3 is 4.98 Å². The van der Waals surface area contributed by atoms with Crippen molar-refractivity contribution in [2.24, 2.45) is 5.92 Å². The summed E-state index contributed by atoms with van der Waals surface area (Å²) in [6.07, 6.45) is 4.96. The van der Waals surface area contributed by atoms with Gasteiger partial charge in [0.2, 0.25) is 0 Å². The SMILES string of the molecule is CC(=O)CN1CC2CC2(c2sc3[nH]c(-c4cc(C)c5ncnn5c4)c(C(C)C)c3c2C)C1. The number of piperidine rings is 1. The van der Waals surface area contributed by atoms with Crippen LogP contribution in [0, 0.1) is 19.8 Å². The molecule has 2 atom stereocenters. The second-order valence-corrected chi connectivity index (χ2v) is 11.2. The third-order valence-corrected chi connectivity index (χ3v) is 8.89. The van der Waals surface area contributed by atoms with E-state index in [1.165, 1.54) is 38.3 Å². The summed E-state index contributed by atoms with van der Waals surface area (Å²) in [6, 6.07) is 2.22. The average Bonchev–Trinajstić information content (AvgIpc) is 3.17. The molecule has 5 heterocycles. The minimum Gasteiger partial charge on any atom is -0.346 e. The lowest BCUT2D eigenvalue weighted by Crippen LogP contribution is -2.30. The predicted octanol–water partition coefficient (Wildman–Crippen LogP) is 4.84. The van der Waals surface area contributed by atoms with Crippen LogP contribution in [0.4, 0.5) is 0 Å². The fraction of sp³-hybridized carbons (Fsp3) is 0.480. The maximum absolute atomic E-state index is 11.7. The smallest absolute Gasteiger partial charge is 0.158 e. The second-order valence-electron chi connectivity index (χ2n) is 10.2. The predicted molar refractivity (Wildman–Crippen MR) is 129 cm³/mol. The van der Waals surface area contributed by atoms with Crippen LogP contribution < -0.4 is 0 Å². The van der Waals surface area contributed by atoms with Crippen molar-refractivity contribution in [3.8, 4) is 11.3 Å². The van der Waals surface area contributed by atoms with Crippen LogP contribution in [0.25, 0.3) is 27.1 Å². The number of carbonyl (C=O) groups excluding carboxylic acids is 1. The molecule has 2 unspecified atom stereocenters. The number of ketones is 1. The standard InChI is InChI=1S/C25H29N5OS/c1-13(2)19-20-16(5)22(25-7-18(25)10-29(11-25)8-15(4)31)32-24(20)28-21(19)17-6-14(3)23-26-12-27-30(23)9-17/h6,9,12-13,18,28H,7-8,10-11H2,1-5H3. The molecular formula is C25H29N5OS. The fourth-order valence-electron chi connectivity index (χ4n) is 6.12. The number of nitrogens with one attached hydrogen (secondary N) is 1. The molecule has 32 heavy (non-hydrogen) atoms. The number of likely N-dealkylation sites (tertiary alicyclic amines) is 1. The molecule has 1 saturated heterocycles. The molecule has 1 aliphatic heterocycles. The van der Waals surface area contributed by atoms with Gasteiger partial charge in [-0.3, -0.25) is 9.69 Å². The van der Waals surface area contributed by atoms with Gasteiger partial charge in [-0.1, -0.05) is 13.8 Å². The summed E-state index contributed by atoms with van der Waals surface area (Å²) in [7, 11) is 0. The Morgan fingerprint density at radius 1 is 1.38 bits per heavy atom. The number of aromatic nitrogens is 4. The lowest BCUT2D eigenvalue weighted by atomic mass is 9.93. The lowest BCUT2D eigenvalue weighted by molar-refractivity contribution is -0.118. The maximum atomic E-state index is 11.7. The van der Waals surface area contributed by atoms with Crippen LogP contribution in [-0.2, 0) is 10.2 Å². The Morgan fingerprint density at radius 2 is 2.19 bits per heavy atom. The third-order valence-electron chi connectivity index (χ3n) is 7.46. The summed E-state index contributed by atoms with van der Waals surface area (Å²) in [5, 5.41) is 5.77. The van der Waals surface area contributed by atoms with E-state index in [9.17, 15) is 4.79 Å². The van der Waals surface area contributed by atoms with Crippen molar-refractivity contribution in [3.63, 3.8) is 0 Å². The molecule has 1 saturated carbocycles. The number of aryl methyl sites for hydroxylation is 2. The molecule has 6 nitrogen and oxygen atoms in total. The van der Waals surface area contributed by atoms with Gasteiger partial charge in [0.1, 0.15) is 16.9 Å². The number of H-pyrrole nitrogens is 1. The first-order valence-corrected chi connectivity index (χ1v) is 12.3. The molecule has 0 bridgehead atoms. The van der Waals surface area contributed by atoms with Crippen LogP contribution in [0.5, 0.6) is 0 Å². The normalized spacial score (nSPS) is 23.0. The van der Waals surface area contributed by atoms with Crippen molar-refractivity contribution in [2.75, 3.05) is 19.6 Å². The highest BCUT2D eigenvalue weighted by molar-refractivity contribution is 7.19. The van der Waals surface area contributed by atoms with Gasteiger partial charge in [-0.25, -0.2) is 9.50 Å².